The van der Waals surface area contributed by atoms with E-state index in [1.807, 2.05) is 30.3 Å². The molecule has 42 heavy (non-hydrogen) atoms. The topological polar surface area (TPSA) is 152 Å². The molecule has 0 radical (unpaired) electrons. The van der Waals surface area contributed by atoms with Gasteiger partial charge in [0.25, 0.3) is 0 Å². The van der Waals surface area contributed by atoms with Gasteiger partial charge >= 0.3 is 6.09 Å². The molecule has 1 atom stereocenters. The number of piperidine rings is 1. The number of nitriles is 1. The lowest BCUT2D eigenvalue weighted by Gasteiger charge is -2.29. The lowest BCUT2D eigenvalue weighted by molar-refractivity contribution is -0.117. The van der Waals surface area contributed by atoms with Gasteiger partial charge in [-0.25, -0.2) is 22.9 Å². The van der Waals surface area contributed by atoms with Gasteiger partial charge in [-0.1, -0.05) is 30.3 Å². The summed E-state index contributed by atoms with van der Waals surface area (Å²) >= 11 is 1.40. The Hall–Kier alpha value is -4.31. The van der Waals surface area contributed by atoms with Crippen LogP contribution in [0.3, 0.4) is 0 Å². The number of fused-ring (bicyclic) bond motifs is 1. The molecule has 4 aromatic rings. The average molecular weight is 604 g/mol. The van der Waals surface area contributed by atoms with Crippen LogP contribution < -0.4 is 10.0 Å². The molecule has 12 heteroatoms. The second kappa shape index (κ2) is 12.7. The van der Waals surface area contributed by atoms with Crippen molar-refractivity contribution in [2.45, 2.75) is 36.6 Å². The highest BCUT2D eigenvalue weighted by molar-refractivity contribution is 7.89. The van der Waals surface area contributed by atoms with Crippen LogP contribution in [0.4, 0.5) is 10.5 Å². The fourth-order valence-corrected chi connectivity index (χ4v) is 7.36. The third-order valence-corrected chi connectivity index (χ3v) is 9.81. The Balaban J connectivity index is 1.32. The van der Waals surface area contributed by atoms with E-state index in [9.17, 15) is 23.3 Å². The van der Waals surface area contributed by atoms with Gasteiger partial charge in [-0.05, 0) is 73.2 Å². The van der Waals surface area contributed by atoms with Gasteiger partial charge in [-0.2, -0.15) is 5.26 Å². The summed E-state index contributed by atoms with van der Waals surface area (Å²) in [7, 11) is -4.04. The predicted molar refractivity (Wildman–Crippen MR) is 160 cm³/mol. The average Bonchev–Trinajstić information content (AvgIpc) is 3.42. The van der Waals surface area contributed by atoms with E-state index in [1.54, 1.807) is 30.3 Å². The fraction of sp³-hybridized carbons (Fsp3) is 0.267. The Morgan fingerprint density at radius 1 is 1.07 bits per heavy atom. The maximum absolute atomic E-state index is 13.6. The number of thiazole rings is 1. The number of nitrogens with one attached hydrogen (secondary N) is 2. The molecule has 1 unspecified atom stereocenters. The predicted octanol–water partition coefficient (Wildman–Crippen LogP) is 5.15. The number of carbonyl (C=O) groups is 2. The first-order valence-corrected chi connectivity index (χ1v) is 15.7. The summed E-state index contributed by atoms with van der Waals surface area (Å²) in [6.07, 6.45) is 0.756. The van der Waals surface area contributed by atoms with Crippen molar-refractivity contribution in [3.8, 4) is 6.07 Å². The van der Waals surface area contributed by atoms with E-state index in [0.717, 1.165) is 15.8 Å². The number of hydrogen-bond acceptors (Lipinski definition) is 7. The lowest BCUT2D eigenvalue weighted by Crippen LogP contribution is -2.38. The van der Waals surface area contributed by atoms with Crippen LogP contribution >= 0.6 is 11.3 Å². The molecule has 1 aliphatic heterocycles. The van der Waals surface area contributed by atoms with E-state index in [2.05, 4.69) is 16.1 Å². The second-order valence-electron chi connectivity index (χ2n) is 10.2. The molecule has 0 bridgehead atoms. The summed E-state index contributed by atoms with van der Waals surface area (Å²) < 4.78 is 31.0. The van der Waals surface area contributed by atoms with Crippen molar-refractivity contribution in [2.24, 2.45) is 5.92 Å². The Labute approximate surface area is 247 Å². The summed E-state index contributed by atoms with van der Waals surface area (Å²) in [5, 5.41) is 21.8. The Bertz CT molecular complexity index is 1720. The number of anilines is 1. The van der Waals surface area contributed by atoms with Crippen LogP contribution in [0.25, 0.3) is 10.2 Å². The van der Waals surface area contributed by atoms with Gasteiger partial charge in [0.05, 0.1) is 32.8 Å². The first-order valence-electron chi connectivity index (χ1n) is 13.4. The second-order valence-corrected chi connectivity index (χ2v) is 13.0. The molecule has 1 saturated heterocycles. The van der Waals surface area contributed by atoms with Crippen molar-refractivity contribution < 1.29 is 23.1 Å². The van der Waals surface area contributed by atoms with Crippen molar-refractivity contribution in [1.82, 2.24) is 14.6 Å². The molecule has 3 N–H and O–H groups in total. The van der Waals surface area contributed by atoms with Crippen molar-refractivity contribution in [3.63, 3.8) is 0 Å². The number of para-hydroxylation sites is 1. The van der Waals surface area contributed by atoms with Gasteiger partial charge in [0.2, 0.25) is 15.9 Å². The summed E-state index contributed by atoms with van der Waals surface area (Å²) in [6.45, 7) is 0.784. The number of sulfonamides is 1. The van der Waals surface area contributed by atoms with E-state index in [4.69, 9.17) is 10.1 Å². The van der Waals surface area contributed by atoms with Gasteiger partial charge in [0.15, 0.2) is 0 Å². The summed E-state index contributed by atoms with van der Waals surface area (Å²) in [5.74, 6) is -0.195. The normalized spacial score (nSPS) is 14.8. The standard InChI is InChI=1S/C30H29N5O5S2/c31-19-22-6-3-5-21(15-22)16-26(29-33-25-9-1-2-10-27(25)41-29)34-42(39,40)24-8-4-7-23(18-24)32-28(36)17-20-11-13-35(14-12-20)30(37)38/h1-10,15,18,20,26,34H,11-14,16-17H2,(H,32,36)(H,37,38). The van der Waals surface area contributed by atoms with Crippen LogP contribution in [-0.4, -0.2) is 48.5 Å². The van der Waals surface area contributed by atoms with E-state index in [-0.39, 0.29) is 29.6 Å². The Kier molecular flexibility index (Phi) is 8.82. The summed E-state index contributed by atoms with van der Waals surface area (Å²) in [6, 6.07) is 22.1. The zero-order valence-electron chi connectivity index (χ0n) is 22.6. The number of hydrogen-bond donors (Lipinski definition) is 3. The van der Waals surface area contributed by atoms with Crippen molar-refractivity contribution >= 4 is 49.3 Å². The molecule has 1 fully saturated rings. The van der Waals surface area contributed by atoms with E-state index >= 15 is 0 Å². The quantitative estimate of drug-likeness (QED) is 0.239. The van der Waals surface area contributed by atoms with Gasteiger partial charge < -0.3 is 15.3 Å². The molecule has 3 aromatic carbocycles. The molecule has 0 spiro atoms. The highest BCUT2D eigenvalue weighted by Gasteiger charge is 2.26. The van der Waals surface area contributed by atoms with Gasteiger partial charge in [0, 0.05) is 25.2 Å². The molecule has 5 rings (SSSR count). The van der Waals surface area contributed by atoms with Crippen LogP contribution in [0.5, 0.6) is 0 Å². The number of nitrogens with zero attached hydrogens (tertiary/aromatic N) is 3. The molecule has 2 heterocycles. The molecule has 1 aliphatic rings. The highest BCUT2D eigenvalue weighted by atomic mass is 32.2. The molecular formula is C30H29N5O5S2. The highest BCUT2D eigenvalue weighted by Crippen LogP contribution is 2.30. The van der Waals surface area contributed by atoms with Gasteiger partial charge in [-0.3, -0.25) is 4.79 Å². The summed E-state index contributed by atoms with van der Waals surface area (Å²) in [5.41, 5.74) is 2.39. The monoisotopic (exact) mass is 603 g/mol. The first kappa shape index (κ1) is 29.2. The largest absolute Gasteiger partial charge is 0.465 e. The van der Waals surface area contributed by atoms with Crippen molar-refractivity contribution in [2.75, 3.05) is 18.4 Å². The number of carboxylic acid groups (broad SMARTS) is 1. The van der Waals surface area contributed by atoms with Crippen LogP contribution in [0.15, 0.2) is 77.7 Å². The fourth-order valence-electron chi connectivity index (χ4n) is 5.02. The molecular weight excluding hydrogens is 574 g/mol. The minimum Gasteiger partial charge on any atom is -0.465 e. The number of rotatable bonds is 9. The van der Waals surface area contributed by atoms with E-state index in [1.165, 1.54) is 28.4 Å². The smallest absolute Gasteiger partial charge is 0.407 e. The maximum Gasteiger partial charge on any atom is 0.407 e. The molecule has 0 saturated carbocycles. The van der Waals surface area contributed by atoms with Crippen LogP contribution in [0.1, 0.15) is 41.4 Å². The number of benzene rings is 3. The Morgan fingerprint density at radius 3 is 2.57 bits per heavy atom. The van der Waals surface area contributed by atoms with Crippen molar-refractivity contribution in [3.05, 3.63) is 88.9 Å². The number of likely N-dealkylation sites (tertiary alicyclic amines) is 1. The zero-order chi connectivity index (χ0) is 29.7. The van der Waals surface area contributed by atoms with Crippen molar-refractivity contribution in [1.29, 1.82) is 5.26 Å². The van der Waals surface area contributed by atoms with Crippen LogP contribution in [0, 0.1) is 17.2 Å². The molecule has 10 nitrogen and oxygen atoms in total. The van der Waals surface area contributed by atoms with Crippen LogP contribution in [0.2, 0.25) is 0 Å². The number of carbonyl (C=O) groups excluding carboxylic acids is 1. The van der Waals surface area contributed by atoms with Gasteiger partial charge in [-0.15, -0.1) is 11.3 Å². The Morgan fingerprint density at radius 2 is 1.83 bits per heavy atom. The third-order valence-electron chi connectivity index (χ3n) is 7.19. The number of aromatic nitrogens is 1. The third kappa shape index (κ3) is 7.12. The van der Waals surface area contributed by atoms with E-state index in [0.29, 0.717) is 42.2 Å². The number of amides is 2. The minimum absolute atomic E-state index is 0.00745. The molecule has 2 amide bonds. The minimum atomic E-state index is -4.04. The van der Waals surface area contributed by atoms with E-state index < -0.39 is 22.2 Å². The zero-order valence-corrected chi connectivity index (χ0v) is 24.2. The molecule has 0 aliphatic carbocycles. The lowest BCUT2D eigenvalue weighted by atomic mass is 9.93. The van der Waals surface area contributed by atoms with Crippen LogP contribution in [-0.2, 0) is 21.2 Å². The van der Waals surface area contributed by atoms with Gasteiger partial charge in [0.1, 0.15) is 5.01 Å². The molecule has 216 valence electrons. The summed E-state index contributed by atoms with van der Waals surface area (Å²) in [4.78, 5) is 29.9. The maximum atomic E-state index is 13.6. The first-order chi connectivity index (χ1) is 20.2. The SMILES string of the molecule is N#Cc1cccc(CC(NS(=O)(=O)c2cccc(NC(=O)CC3CCN(C(=O)O)CC3)c2)c2nc3ccccc3s2)c1. The molecule has 1 aromatic heterocycles.